The Balaban J connectivity index is 2.05. The number of halogens is 1. The molecule has 3 amide bonds. The Morgan fingerprint density at radius 1 is 1.13 bits per heavy atom. The van der Waals surface area contributed by atoms with Crippen LogP contribution in [0, 0.1) is 0 Å². The summed E-state index contributed by atoms with van der Waals surface area (Å²) in [6.45, 7) is 3.93. The molecule has 1 saturated heterocycles. The molecule has 0 aromatic heterocycles. The average molecular weight is 338 g/mol. The van der Waals surface area contributed by atoms with Crippen LogP contribution in [0.5, 0.6) is 0 Å². The van der Waals surface area contributed by atoms with Gasteiger partial charge in [-0.3, -0.25) is 4.79 Å². The third-order valence-corrected chi connectivity index (χ3v) is 4.27. The number of nitrogens with one attached hydrogen (secondary N) is 2. The van der Waals surface area contributed by atoms with Gasteiger partial charge in [-0.2, -0.15) is 0 Å². The van der Waals surface area contributed by atoms with Crippen molar-refractivity contribution in [3.63, 3.8) is 0 Å². The van der Waals surface area contributed by atoms with E-state index in [1.807, 2.05) is 11.8 Å². The highest BCUT2D eigenvalue weighted by Crippen LogP contribution is 2.21. The molecule has 1 aromatic rings. The van der Waals surface area contributed by atoms with E-state index in [9.17, 15) is 9.59 Å². The van der Waals surface area contributed by atoms with E-state index in [1.165, 1.54) is 19.3 Å². The van der Waals surface area contributed by atoms with Gasteiger partial charge in [0.05, 0.1) is 10.6 Å². The molecule has 0 unspecified atom stereocenters. The maximum Gasteiger partial charge on any atom is 0.321 e. The highest BCUT2D eigenvalue weighted by Gasteiger charge is 2.16. The topological polar surface area (TPSA) is 61.4 Å². The van der Waals surface area contributed by atoms with Crippen molar-refractivity contribution in [3.8, 4) is 0 Å². The zero-order chi connectivity index (χ0) is 16.7. The Kier molecular flexibility index (Phi) is 6.71. The molecule has 0 aliphatic carbocycles. The van der Waals surface area contributed by atoms with Crippen LogP contribution in [0.15, 0.2) is 18.2 Å². The monoisotopic (exact) mass is 337 g/mol. The van der Waals surface area contributed by atoms with Crippen molar-refractivity contribution < 1.29 is 9.59 Å². The van der Waals surface area contributed by atoms with Gasteiger partial charge in [0.25, 0.3) is 5.91 Å². The molecule has 0 atom stereocenters. The predicted octanol–water partition coefficient (Wildman–Crippen LogP) is 3.89. The van der Waals surface area contributed by atoms with Gasteiger partial charge in [-0.25, -0.2) is 4.79 Å². The molecule has 1 aliphatic heterocycles. The van der Waals surface area contributed by atoms with Gasteiger partial charge in [-0.05, 0) is 38.0 Å². The van der Waals surface area contributed by atoms with E-state index in [4.69, 9.17) is 11.6 Å². The fourth-order valence-corrected chi connectivity index (χ4v) is 2.89. The molecule has 0 saturated carbocycles. The zero-order valence-corrected chi connectivity index (χ0v) is 14.3. The van der Waals surface area contributed by atoms with Crippen LogP contribution in [0.25, 0.3) is 0 Å². The lowest BCUT2D eigenvalue weighted by atomic mass is 10.1. The van der Waals surface area contributed by atoms with Gasteiger partial charge in [0.2, 0.25) is 0 Å². The van der Waals surface area contributed by atoms with Gasteiger partial charge in [-0.1, -0.05) is 30.9 Å². The molecule has 1 heterocycles. The van der Waals surface area contributed by atoms with Crippen LogP contribution in [-0.2, 0) is 0 Å². The van der Waals surface area contributed by atoms with Crippen molar-refractivity contribution in [1.29, 1.82) is 0 Å². The molecule has 0 radical (unpaired) electrons. The molecule has 2 N–H and O–H groups in total. The molecule has 126 valence electrons. The number of hydrogen-bond acceptors (Lipinski definition) is 2. The molecule has 0 bridgehead atoms. The van der Waals surface area contributed by atoms with Crippen molar-refractivity contribution >= 4 is 29.2 Å². The lowest BCUT2D eigenvalue weighted by molar-refractivity contribution is 0.0956. The fraction of sp³-hybridized carbons (Fsp3) is 0.529. The molecule has 23 heavy (non-hydrogen) atoms. The molecule has 5 nitrogen and oxygen atoms in total. The van der Waals surface area contributed by atoms with E-state index in [2.05, 4.69) is 10.6 Å². The zero-order valence-electron chi connectivity index (χ0n) is 13.5. The van der Waals surface area contributed by atoms with Gasteiger partial charge >= 0.3 is 6.03 Å². The first-order chi connectivity index (χ1) is 11.1. The van der Waals surface area contributed by atoms with Gasteiger partial charge in [0.15, 0.2) is 0 Å². The molecule has 1 aromatic carbocycles. The van der Waals surface area contributed by atoms with Crippen LogP contribution >= 0.6 is 11.6 Å². The van der Waals surface area contributed by atoms with Crippen molar-refractivity contribution in [2.24, 2.45) is 0 Å². The summed E-state index contributed by atoms with van der Waals surface area (Å²) in [7, 11) is 0. The number of carbonyl (C=O) groups is 2. The summed E-state index contributed by atoms with van der Waals surface area (Å²) in [6.07, 6.45) is 5.68. The normalized spacial score (nSPS) is 15.5. The van der Waals surface area contributed by atoms with E-state index < -0.39 is 0 Å². The second kappa shape index (κ2) is 8.77. The number of benzene rings is 1. The summed E-state index contributed by atoms with van der Waals surface area (Å²) >= 11 is 6.07. The Bertz CT molecular complexity index is 555. The number of likely N-dealkylation sites (tertiary alicyclic amines) is 1. The van der Waals surface area contributed by atoms with Crippen molar-refractivity contribution in [3.05, 3.63) is 28.8 Å². The Morgan fingerprint density at radius 2 is 1.78 bits per heavy atom. The fourth-order valence-electron chi connectivity index (χ4n) is 2.69. The van der Waals surface area contributed by atoms with E-state index >= 15 is 0 Å². The molecular weight excluding hydrogens is 314 g/mol. The quantitative estimate of drug-likeness (QED) is 0.879. The number of carbonyl (C=O) groups excluding carboxylic acids is 2. The maximum atomic E-state index is 12.4. The summed E-state index contributed by atoms with van der Waals surface area (Å²) in [6, 6.07) is 4.85. The largest absolute Gasteiger partial charge is 0.352 e. The molecule has 1 aliphatic rings. The summed E-state index contributed by atoms with van der Waals surface area (Å²) in [5.41, 5.74) is 0.960. The first-order valence-electron chi connectivity index (χ1n) is 8.25. The third kappa shape index (κ3) is 5.13. The summed E-state index contributed by atoms with van der Waals surface area (Å²) in [4.78, 5) is 26.2. The van der Waals surface area contributed by atoms with Gasteiger partial charge in [-0.15, -0.1) is 0 Å². The smallest absolute Gasteiger partial charge is 0.321 e. The third-order valence-electron chi connectivity index (χ3n) is 3.94. The molecular formula is C17H24ClN3O2. The van der Waals surface area contributed by atoms with Crippen LogP contribution < -0.4 is 10.6 Å². The van der Waals surface area contributed by atoms with Crippen molar-refractivity contribution in [2.75, 3.05) is 25.0 Å². The van der Waals surface area contributed by atoms with Crippen LogP contribution in [0.1, 0.15) is 49.4 Å². The predicted molar refractivity (Wildman–Crippen MR) is 93.1 cm³/mol. The lowest BCUT2D eigenvalue weighted by Crippen LogP contribution is -2.37. The maximum absolute atomic E-state index is 12.4. The van der Waals surface area contributed by atoms with Gasteiger partial charge in [0, 0.05) is 25.3 Å². The molecule has 0 spiro atoms. The number of rotatable bonds is 3. The van der Waals surface area contributed by atoms with Crippen LogP contribution in [0.4, 0.5) is 10.5 Å². The number of nitrogens with zero attached hydrogens (tertiary/aromatic N) is 1. The minimum Gasteiger partial charge on any atom is -0.352 e. The molecule has 2 rings (SSSR count). The van der Waals surface area contributed by atoms with Crippen molar-refractivity contribution in [2.45, 2.75) is 39.0 Å². The second-order valence-corrected chi connectivity index (χ2v) is 6.15. The standard InChI is InChI=1S/C17H24ClN3O2/c1-2-19-16(22)14-12-13(8-9-15(14)18)20-17(23)21-10-6-4-3-5-7-11-21/h8-9,12H,2-7,10-11H2,1H3,(H,19,22)(H,20,23). The summed E-state index contributed by atoms with van der Waals surface area (Å²) < 4.78 is 0. The van der Waals surface area contributed by atoms with Crippen molar-refractivity contribution in [1.82, 2.24) is 10.2 Å². The highest BCUT2D eigenvalue weighted by molar-refractivity contribution is 6.34. The van der Waals surface area contributed by atoms with Crippen LogP contribution in [0.3, 0.4) is 0 Å². The van der Waals surface area contributed by atoms with Gasteiger partial charge < -0.3 is 15.5 Å². The lowest BCUT2D eigenvalue weighted by Gasteiger charge is -2.25. The molecule has 1 fully saturated rings. The Hall–Kier alpha value is -1.75. The minimum absolute atomic E-state index is 0.115. The van der Waals surface area contributed by atoms with Gasteiger partial charge in [0.1, 0.15) is 0 Å². The number of anilines is 1. The minimum atomic E-state index is -0.236. The number of amides is 3. The average Bonchev–Trinajstić information content (AvgIpc) is 2.49. The number of urea groups is 1. The van der Waals surface area contributed by atoms with E-state index in [-0.39, 0.29) is 11.9 Å². The van der Waals surface area contributed by atoms with Crippen LogP contribution in [-0.4, -0.2) is 36.5 Å². The summed E-state index contributed by atoms with van der Waals surface area (Å²) in [5.74, 6) is -0.236. The highest BCUT2D eigenvalue weighted by atomic mass is 35.5. The molecule has 6 heteroatoms. The first kappa shape index (κ1) is 17.6. The second-order valence-electron chi connectivity index (χ2n) is 5.74. The Labute approximate surface area is 142 Å². The van der Waals surface area contributed by atoms with E-state index in [1.54, 1.807) is 18.2 Å². The van der Waals surface area contributed by atoms with Crippen LogP contribution in [0.2, 0.25) is 5.02 Å². The van der Waals surface area contributed by atoms with E-state index in [0.29, 0.717) is 22.8 Å². The van der Waals surface area contributed by atoms with E-state index in [0.717, 1.165) is 25.9 Å². The summed E-state index contributed by atoms with van der Waals surface area (Å²) in [5, 5.41) is 5.96. The SMILES string of the molecule is CCNC(=O)c1cc(NC(=O)N2CCCCCCC2)ccc1Cl. The first-order valence-corrected chi connectivity index (χ1v) is 8.63. The Morgan fingerprint density at radius 3 is 2.43 bits per heavy atom. The number of hydrogen-bond donors (Lipinski definition) is 2.